The van der Waals surface area contributed by atoms with Crippen LogP contribution in [0.2, 0.25) is 0 Å². The van der Waals surface area contributed by atoms with E-state index in [1.807, 2.05) is 19.9 Å². The Labute approximate surface area is 106 Å². The quantitative estimate of drug-likeness (QED) is 0.813. The number of allylic oxidation sites excluding steroid dienone is 2. The molecule has 1 aromatic rings. The standard InChI is InChI=1S/C15H16O3/c1-9(2)7-8-12-13(16)10-5-3-4-6-11(10)14(17)15(12)18/h3-7,12,15,18H,8H2,1-2H3. The summed E-state index contributed by atoms with van der Waals surface area (Å²) < 4.78 is 0. The molecule has 3 nitrogen and oxygen atoms in total. The van der Waals surface area contributed by atoms with Crippen LogP contribution in [0.3, 0.4) is 0 Å². The molecule has 1 aliphatic carbocycles. The van der Waals surface area contributed by atoms with E-state index in [-0.39, 0.29) is 11.6 Å². The van der Waals surface area contributed by atoms with Gasteiger partial charge in [0.1, 0.15) is 6.10 Å². The number of aliphatic hydroxyl groups is 1. The van der Waals surface area contributed by atoms with Crippen molar-refractivity contribution in [3.8, 4) is 0 Å². The van der Waals surface area contributed by atoms with E-state index in [1.54, 1.807) is 24.3 Å². The second-order valence-corrected chi connectivity index (χ2v) is 4.84. The lowest BCUT2D eigenvalue weighted by Gasteiger charge is -2.26. The number of carbonyl (C=O) groups is 2. The van der Waals surface area contributed by atoms with E-state index in [4.69, 9.17) is 0 Å². The summed E-state index contributed by atoms with van der Waals surface area (Å²) in [6.07, 6.45) is 1.07. The Balaban J connectivity index is 2.39. The molecule has 0 saturated heterocycles. The number of aliphatic hydroxyl groups excluding tert-OH is 1. The molecule has 1 N–H and O–H groups in total. The first-order valence-electron chi connectivity index (χ1n) is 6.01. The number of ketones is 2. The molecule has 0 aliphatic heterocycles. The molecular weight excluding hydrogens is 228 g/mol. The molecule has 0 saturated carbocycles. The van der Waals surface area contributed by atoms with Gasteiger partial charge in [0.25, 0.3) is 0 Å². The Hall–Kier alpha value is -1.74. The van der Waals surface area contributed by atoms with E-state index in [1.165, 1.54) is 0 Å². The summed E-state index contributed by atoms with van der Waals surface area (Å²) in [4.78, 5) is 24.2. The maximum Gasteiger partial charge on any atom is 0.192 e. The predicted octanol–water partition coefficient (Wildman–Crippen LogP) is 2.40. The summed E-state index contributed by atoms with van der Waals surface area (Å²) in [7, 11) is 0. The first kappa shape index (κ1) is 12.7. The molecule has 0 radical (unpaired) electrons. The minimum Gasteiger partial charge on any atom is -0.384 e. The molecule has 94 valence electrons. The van der Waals surface area contributed by atoms with Gasteiger partial charge in [-0.2, -0.15) is 0 Å². The summed E-state index contributed by atoms with van der Waals surface area (Å²) in [5.74, 6) is -1.14. The fourth-order valence-electron chi connectivity index (χ4n) is 2.20. The van der Waals surface area contributed by atoms with Gasteiger partial charge < -0.3 is 5.11 Å². The van der Waals surface area contributed by atoms with Crippen molar-refractivity contribution in [3.05, 3.63) is 47.0 Å². The van der Waals surface area contributed by atoms with Crippen LogP contribution in [0.4, 0.5) is 0 Å². The molecule has 0 amide bonds. The molecule has 3 heteroatoms. The summed E-state index contributed by atoms with van der Waals surface area (Å²) >= 11 is 0. The first-order chi connectivity index (χ1) is 8.52. The Kier molecular flexibility index (Phi) is 3.43. The van der Waals surface area contributed by atoms with E-state index in [0.717, 1.165) is 5.57 Å². The minimum atomic E-state index is -1.22. The van der Waals surface area contributed by atoms with Gasteiger partial charge in [-0.25, -0.2) is 0 Å². The zero-order valence-corrected chi connectivity index (χ0v) is 10.5. The number of rotatable bonds is 2. The fourth-order valence-corrected chi connectivity index (χ4v) is 2.20. The third-order valence-electron chi connectivity index (χ3n) is 3.22. The van der Waals surface area contributed by atoms with Gasteiger partial charge in [0.05, 0.1) is 5.92 Å². The van der Waals surface area contributed by atoms with Gasteiger partial charge in [0.2, 0.25) is 0 Å². The summed E-state index contributed by atoms with van der Waals surface area (Å²) in [6.45, 7) is 3.85. The number of hydrogen-bond donors (Lipinski definition) is 1. The van der Waals surface area contributed by atoms with Crippen molar-refractivity contribution in [1.29, 1.82) is 0 Å². The lowest BCUT2D eigenvalue weighted by atomic mass is 9.78. The molecular formula is C15H16O3. The van der Waals surface area contributed by atoms with E-state index in [9.17, 15) is 14.7 Å². The third kappa shape index (κ3) is 2.14. The SMILES string of the molecule is CC(C)=CCC1C(=O)c2ccccc2C(=O)C1O. The van der Waals surface area contributed by atoms with Crippen molar-refractivity contribution < 1.29 is 14.7 Å². The average Bonchev–Trinajstić information content (AvgIpc) is 2.36. The van der Waals surface area contributed by atoms with Crippen LogP contribution in [-0.2, 0) is 0 Å². The molecule has 0 bridgehead atoms. The van der Waals surface area contributed by atoms with Gasteiger partial charge in [-0.15, -0.1) is 0 Å². The lowest BCUT2D eigenvalue weighted by molar-refractivity contribution is 0.0505. The predicted molar refractivity (Wildman–Crippen MR) is 68.6 cm³/mol. The molecule has 0 spiro atoms. The highest BCUT2D eigenvalue weighted by molar-refractivity contribution is 6.17. The van der Waals surface area contributed by atoms with Crippen molar-refractivity contribution in [2.75, 3.05) is 0 Å². The van der Waals surface area contributed by atoms with Crippen LogP contribution in [0.25, 0.3) is 0 Å². The summed E-state index contributed by atoms with van der Waals surface area (Å²) in [5, 5.41) is 9.97. The monoisotopic (exact) mass is 244 g/mol. The second-order valence-electron chi connectivity index (χ2n) is 4.84. The van der Waals surface area contributed by atoms with Crippen LogP contribution < -0.4 is 0 Å². The van der Waals surface area contributed by atoms with Crippen molar-refractivity contribution in [1.82, 2.24) is 0 Å². The molecule has 2 atom stereocenters. The van der Waals surface area contributed by atoms with E-state index in [0.29, 0.717) is 17.5 Å². The van der Waals surface area contributed by atoms with Gasteiger partial charge in [-0.1, -0.05) is 35.9 Å². The van der Waals surface area contributed by atoms with E-state index >= 15 is 0 Å². The second kappa shape index (κ2) is 4.86. The number of fused-ring (bicyclic) bond motifs is 1. The molecule has 1 aliphatic rings. The largest absolute Gasteiger partial charge is 0.384 e. The number of carbonyl (C=O) groups excluding carboxylic acids is 2. The van der Waals surface area contributed by atoms with Crippen LogP contribution in [0, 0.1) is 5.92 Å². The van der Waals surface area contributed by atoms with Crippen molar-refractivity contribution in [2.45, 2.75) is 26.4 Å². The molecule has 1 aromatic carbocycles. The normalized spacial score (nSPS) is 22.6. The molecule has 0 aromatic heterocycles. The van der Waals surface area contributed by atoms with Crippen LogP contribution in [-0.4, -0.2) is 22.8 Å². The maximum absolute atomic E-state index is 12.2. The van der Waals surface area contributed by atoms with Gasteiger partial charge in [0, 0.05) is 11.1 Å². The minimum absolute atomic E-state index is 0.143. The van der Waals surface area contributed by atoms with Crippen LogP contribution in [0.15, 0.2) is 35.9 Å². The van der Waals surface area contributed by atoms with Crippen LogP contribution >= 0.6 is 0 Å². The van der Waals surface area contributed by atoms with Crippen molar-refractivity contribution in [3.63, 3.8) is 0 Å². The number of benzene rings is 1. The topological polar surface area (TPSA) is 54.4 Å². The Morgan fingerprint density at radius 3 is 2.28 bits per heavy atom. The lowest BCUT2D eigenvalue weighted by Crippen LogP contribution is -2.40. The Morgan fingerprint density at radius 2 is 1.72 bits per heavy atom. The highest BCUT2D eigenvalue weighted by Crippen LogP contribution is 2.28. The number of hydrogen-bond acceptors (Lipinski definition) is 3. The number of Topliss-reactive ketones (excluding diaryl/α,β-unsaturated/α-hetero) is 2. The van der Waals surface area contributed by atoms with Gasteiger partial charge in [-0.3, -0.25) is 9.59 Å². The Morgan fingerprint density at radius 1 is 1.17 bits per heavy atom. The zero-order valence-electron chi connectivity index (χ0n) is 10.5. The van der Waals surface area contributed by atoms with E-state index < -0.39 is 12.0 Å². The fraction of sp³-hybridized carbons (Fsp3) is 0.333. The van der Waals surface area contributed by atoms with Crippen LogP contribution in [0.1, 0.15) is 41.0 Å². The van der Waals surface area contributed by atoms with Gasteiger partial charge >= 0.3 is 0 Å². The molecule has 2 rings (SSSR count). The van der Waals surface area contributed by atoms with E-state index in [2.05, 4.69) is 0 Å². The highest BCUT2D eigenvalue weighted by atomic mass is 16.3. The first-order valence-corrected chi connectivity index (χ1v) is 6.01. The molecule has 2 unspecified atom stereocenters. The highest BCUT2D eigenvalue weighted by Gasteiger charge is 2.39. The zero-order chi connectivity index (χ0) is 13.3. The van der Waals surface area contributed by atoms with Crippen LogP contribution in [0.5, 0.6) is 0 Å². The smallest absolute Gasteiger partial charge is 0.192 e. The van der Waals surface area contributed by atoms with Crippen molar-refractivity contribution >= 4 is 11.6 Å². The maximum atomic E-state index is 12.2. The van der Waals surface area contributed by atoms with Gasteiger partial charge in [0.15, 0.2) is 11.6 Å². The van der Waals surface area contributed by atoms with Crippen molar-refractivity contribution in [2.24, 2.45) is 5.92 Å². The average molecular weight is 244 g/mol. The molecule has 0 heterocycles. The third-order valence-corrected chi connectivity index (χ3v) is 3.22. The van der Waals surface area contributed by atoms with Gasteiger partial charge in [-0.05, 0) is 20.3 Å². The Bertz CT molecular complexity index is 524. The summed E-state index contributed by atoms with van der Waals surface area (Å²) in [6, 6.07) is 6.68. The summed E-state index contributed by atoms with van der Waals surface area (Å²) in [5.41, 5.74) is 1.84. The molecule has 18 heavy (non-hydrogen) atoms. The molecule has 0 fully saturated rings.